The molecule has 0 unspecified atom stereocenters. The molecule has 1 aromatic carbocycles. The summed E-state index contributed by atoms with van der Waals surface area (Å²) in [4.78, 5) is 15.5. The molecule has 0 bridgehead atoms. The lowest BCUT2D eigenvalue weighted by Gasteiger charge is -2.32. The normalized spacial score (nSPS) is 17.8. The van der Waals surface area contributed by atoms with Gasteiger partial charge in [-0.15, -0.1) is 11.3 Å². The Morgan fingerprint density at radius 2 is 2.26 bits per heavy atom. The van der Waals surface area contributed by atoms with Crippen LogP contribution < -0.4 is 10.1 Å². The van der Waals surface area contributed by atoms with Gasteiger partial charge in [0, 0.05) is 11.4 Å². The molecule has 0 saturated carbocycles. The van der Waals surface area contributed by atoms with Gasteiger partial charge < -0.3 is 19.7 Å². The van der Waals surface area contributed by atoms with Crippen molar-refractivity contribution in [1.29, 1.82) is 0 Å². The zero-order valence-electron chi connectivity index (χ0n) is 13.0. The maximum absolute atomic E-state index is 12.5. The van der Waals surface area contributed by atoms with E-state index < -0.39 is 0 Å². The average Bonchev–Trinajstić information content (AvgIpc) is 3.14. The van der Waals surface area contributed by atoms with E-state index in [4.69, 9.17) is 9.47 Å². The summed E-state index contributed by atoms with van der Waals surface area (Å²) in [6.45, 7) is 2.06. The second-order valence-electron chi connectivity index (χ2n) is 5.27. The van der Waals surface area contributed by atoms with Crippen molar-refractivity contribution in [2.75, 3.05) is 38.7 Å². The molecule has 0 spiro atoms. The maximum Gasteiger partial charge on any atom is 0.242 e. The van der Waals surface area contributed by atoms with Crippen molar-refractivity contribution in [2.24, 2.45) is 0 Å². The van der Waals surface area contributed by atoms with Crippen LogP contribution >= 0.6 is 11.3 Å². The Labute approximate surface area is 139 Å². The van der Waals surface area contributed by atoms with E-state index in [1.54, 1.807) is 18.4 Å². The zero-order chi connectivity index (χ0) is 16.1. The first-order valence-corrected chi connectivity index (χ1v) is 8.45. The Morgan fingerprint density at radius 1 is 1.39 bits per heavy atom. The van der Waals surface area contributed by atoms with Crippen molar-refractivity contribution in [2.45, 2.75) is 6.10 Å². The minimum Gasteiger partial charge on any atom is -0.495 e. The highest BCUT2D eigenvalue weighted by molar-refractivity contribution is 7.10. The van der Waals surface area contributed by atoms with Gasteiger partial charge in [0.2, 0.25) is 5.91 Å². The van der Waals surface area contributed by atoms with Crippen LogP contribution in [0.3, 0.4) is 0 Å². The number of carbonyl (C=O) groups is 1. The van der Waals surface area contributed by atoms with E-state index in [0.717, 1.165) is 11.4 Å². The van der Waals surface area contributed by atoms with Crippen LogP contribution in [0, 0.1) is 0 Å². The Bertz CT molecular complexity index is 645. The quantitative estimate of drug-likeness (QED) is 0.915. The SMILES string of the molecule is COc1ccccc1NCC(=O)N1CCO[C@@H](c2cccs2)C1. The number of thiophene rings is 1. The number of benzene rings is 1. The molecule has 1 saturated heterocycles. The van der Waals surface area contributed by atoms with E-state index in [0.29, 0.717) is 19.7 Å². The van der Waals surface area contributed by atoms with Gasteiger partial charge in [-0.05, 0) is 23.6 Å². The van der Waals surface area contributed by atoms with Crippen molar-refractivity contribution in [1.82, 2.24) is 4.90 Å². The minimum atomic E-state index is -0.0149. The fraction of sp³-hybridized carbons (Fsp3) is 0.353. The molecule has 5 nitrogen and oxygen atoms in total. The molecule has 0 radical (unpaired) electrons. The molecule has 1 aromatic heterocycles. The van der Waals surface area contributed by atoms with Gasteiger partial charge in [-0.3, -0.25) is 4.79 Å². The number of nitrogens with one attached hydrogen (secondary N) is 1. The lowest BCUT2D eigenvalue weighted by molar-refractivity contribution is -0.136. The van der Waals surface area contributed by atoms with Crippen LogP contribution in [0.1, 0.15) is 11.0 Å². The second-order valence-corrected chi connectivity index (χ2v) is 6.25. The first kappa shape index (κ1) is 15.8. The van der Waals surface area contributed by atoms with Crippen molar-refractivity contribution in [3.8, 4) is 5.75 Å². The lowest BCUT2D eigenvalue weighted by Crippen LogP contribution is -2.44. The number of amides is 1. The van der Waals surface area contributed by atoms with Gasteiger partial charge in [0.15, 0.2) is 0 Å². The van der Waals surface area contributed by atoms with Crippen LogP contribution in [-0.4, -0.2) is 44.2 Å². The molecule has 1 amide bonds. The molecule has 6 heteroatoms. The molecule has 1 fully saturated rings. The van der Waals surface area contributed by atoms with Crippen molar-refractivity contribution in [3.63, 3.8) is 0 Å². The number of rotatable bonds is 5. The van der Waals surface area contributed by atoms with Crippen LogP contribution in [0.2, 0.25) is 0 Å². The molecule has 23 heavy (non-hydrogen) atoms. The largest absolute Gasteiger partial charge is 0.495 e. The summed E-state index contributed by atoms with van der Waals surface area (Å²) in [5.74, 6) is 0.805. The Kier molecular flexibility index (Phi) is 5.15. The first-order chi connectivity index (χ1) is 11.3. The zero-order valence-corrected chi connectivity index (χ0v) is 13.8. The van der Waals surface area contributed by atoms with Gasteiger partial charge in [0.05, 0.1) is 32.5 Å². The van der Waals surface area contributed by atoms with Gasteiger partial charge in [0.1, 0.15) is 11.9 Å². The molecule has 1 aliphatic rings. The Balaban J connectivity index is 1.57. The van der Waals surface area contributed by atoms with Crippen LogP contribution in [-0.2, 0) is 9.53 Å². The molecular weight excluding hydrogens is 312 g/mol. The Morgan fingerprint density at radius 3 is 3.04 bits per heavy atom. The molecule has 122 valence electrons. The Hall–Kier alpha value is -2.05. The number of carbonyl (C=O) groups excluding carboxylic acids is 1. The number of morpholine rings is 1. The molecule has 2 heterocycles. The van der Waals surface area contributed by atoms with Gasteiger partial charge in [-0.1, -0.05) is 18.2 Å². The van der Waals surface area contributed by atoms with Crippen LogP contribution in [0.4, 0.5) is 5.69 Å². The van der Waals surface area contributed by atoms with E-state index >= 15 is 0 Å². The van der Waals surface area contributed by atoms with Crippen molar-refractivity contribution < 1.29 is 14.3 Å². The van der Waals surface area contributed by atoms with E-state index in [9.17, 15) is 4.79 Å². The number of para-hydroxylation sites is 2. The number of ether oxygens (including phenoxy) is 2. The van der Waals surface area contributed by atoms with Crippen LogP contribution in [0.15, 0.2) is 41.8 Å². The minimum absolute atomic E-state index is 0.0149. The maximum atomic E-state index is 12.5. The average molecular weight is 332 g/mol. The van der Waals surface area contributed by atoms with Gasteiger partial charge >= 0.3 is 0 Å². The molecule has 2 aromatic rings. The monoisotopic (exact) mass is 332 g/mol. The summed E-state index contributed by atoms with van der Waals surface area (Å²) < 4.78 is 11.1. The number of anilines is 1. The van der Waals surface area contributed by atoms with E-state index in [1.165, 1.54) is 4.88 Å². The molecule has 1 atom stereocenters. The number of nitrogens with zero attached hydrogens (tertiary/aromatic N) is 1. The summed E-state index contributed by atoms with van der Waals surface area (Å²) in [7, 11) is 1.62. The van der Waals surface area contributed by atoms with Gasteiger partial charge in [0.25, 0.3) is 0 Å². The summed E-state index contributed by atoms with van der Waals surface area (Å²) in [5, 5.41) is 5.19. The highest BCUT2D eigenvalue weighted by Gasteiger charge is 2.25. The van der Waals surface area contributed by atoms with Crippen LogP contribution in [0.5, 0.6) is 5.75 Å². The summed E-state index contributed by atoms with van der Waals surface area (Å²) in [6.07, 6.45) is -0.0149. The highest BCUT2D eigenvalue weighted by Crippen LogP contribution is 2.26. The number of hydrogen-bond donors (Lipinski definition) is 1. The topological polar surface area (TPSA) is 50.8 Å². The van der Waals surface area contributed by atoms with Gasteiger partial charge in [-0.2, -0.15) is 0 Å². The summed E-state index contributed by atoms with van der Waals surface area (Å²) in [5.41, 5.74) is 0.825. The highest BCUT2D eigenvalue weighted by atomic mass is 32.1. The summed E-state index contributed by atoms with van der Waals surface area (Å²) in [6, 6.07) is 11.6. The third kappa shape index (κ3) is 3.83. The third-order valence-corrected chi connectivity index (χ3v) is 4.78. The second kappa shape index (κ2) is 7.48. The predicted molar refractivity (Wildman–Crippen MR) is 91.1 cm³/mol. The predicted octanol–water partition coefficient (Wildman–Crippen LogP) is 2.77. The fourth-order valence-electron chi connectivity index (χ4n) is 2.60. The lowest BCUT2D eigenvalue weighted by atomic mass is 10.2. The molecule has 1 aliphatic heterocycles. The molecule has 1 N–H and O–H groups in total. The fourth-order valence-corrected chi connectivity index (χ4v) is 3.36. The standard InChI is InChI=1S/C17H20N2O3S/c1-21-14-6-3-2-5-13(14)18-11-17(20)19-8-9-22-15(12-19)16-7-4-10-23-16/h2-7,10,15,18H,8-9,11-12H2,1H3/t15-/m1/s1. The molecule has 3 rings (SSSR count). The summed E-state index contributed by atoms with van der Waals surface area (Å²) >= 11 is 1.66. The smallest absolute Gasteiger partial charge is 0.242 e. The van der Waals surface area contributed by atoms with E-state index in [2.05, 4.69) is 11.4 Å². The van der Waals surface area contributed by atoms with Gasteiger partial charge in [-0.25, -0.2) is 0 Å². The molecular formula is C17H20N2O3S. The third-order valence-electron chi connectivity index (χ3n) is 3.82. The first-order valence-electron chi connectivity index (χ1n) is 7.57. The number of hydrogen-bond acceptors (Lipinski definition) is 5. The molecule has 0 aliphatic carbocycles. The van der Waals surface area contributed by atoms with E-state index in [-0.39, 0.29) is 18.6 Å². The number of methoxy groups -OCH3 is 1. The van der Waals surface area contributed by atoms with Crippen LogP contribution in [0.25, 0.3) is 0 Å². The van der Waals surface area contributed by atoms with Crippen molar-refractivity contribution >= 4 is 22.9 Å². The van der Waals surface area contributed by atoms with E-state index in [1.807, 2.05) is 40.6 Å². The van der Waals surface area contributed by atoms with Crippen molar-refractivity contribution in [3.05, 3.63) is 46.7 Å².